The highest BCUT2D eigenvalue weighted by Gasteiger charge is 2.40. The van der Waals surface area contributed by atoms with Crippen molar-refractivity contribution >= 4 is 33.6 Å². The van der Waals surface area contributed by atoms with Gasteiger partial charge in [0.05, 0.1) is 11.2 Å². The quantitative estimate of drug-likeness (QED) is 0.454. The Morgan fingerprint density at radius 3 is 2.85 bits per heavy atom. The summed E-state index contributed by atoms with van der Waals surface area (Å²) in [6.07, 6.45) is 7.11. The lowest BCUT2D eigenvalue weighted by Gasteiger charge is -2.34. The van der Waals surface area contributed by atoms with Crippen LogP contribution in [0.3, 0.4) is 0 Å². The van der Waals surface area contributed by atoms with E-state index < -0.39 is 0 Å². The third-order valence-electron chi connectivity index (χ3n) is 5.53. The summed E-state index contributed by atoms with van der Waals surface area (Å²) in [6, 6.07) is 5.63. The summed E-state index contributed by atoms with van der Waals surface area (Å²) >= 11 is 7.61. The van der Waals surface area contributed by atoms with Crippen molar-refractivity contribution < 1.29 is 0 Å². The predicted octanol–water partition coefficient (Wildman–Crippen LogP) is 3.80. The molecule has 27 heavy (non-hydrogen) atoms. The molecule has 0 aliphatic carbocycles. The van der Waals surface area contributed by atoms with Gasteiger partial charge in [0.15, 0.2) is 5.17 Å². The van der Waals surface area contributed by atoms with E-state index >= 15 is 0 Å². The highest BCUT2D eigenvalue weighted by Crippen LogP contribution is 2.38. The number of likely N-dealkylation sites (tertiary alicyclic amines) is 1. The number of rotatable bonds is 2. The Morgan fingerprint density at radius 1 is 1.26 bits per heavy atom. The van der Waals surface area contributed by atoms with Crippen molar-refractivity contribution in [2.45, 2.75) is 19.3 Å². The molecule has 2 aliphatic heterocycles. The molecule has 4 N–H and O–H groups in total. The van der Waals surface area contributed by atoms with Gasteiger partial charge in [0, 0.05) is 42.4 Å². The van der Waals surface area contributed by atoms with Gasteiger partial charge in [0.25, 0.3) is 0 Å². The number of amidine groups is 1. The van der Waals surface area contributed by atoms with Crippen LogP contribution in [0.15, 0.2) is 30.6 Å². The minimum Gasteiger partial charge on any atom is -0.351 e. The van der Waals surface area contributed by atoms with Gasteiger partial charge < -0.3 is 10.2 Å². The van der Waals surface area contributed by atoms with Crippen molar-refractivity contribution in [3.63, 3.8) is 0 Å². The SMILES string of the molecule is N=C(SC(=N)N1CCC2(CCCNC2)C1)c1ccc(-c2cn[nH]c2)cc1Cl. The number of benzene rings is 1. The molecule has 1 spiro atoms. The number of H-pyrrole nitrogens is 1. The minimum atomic E-state index is 0.303. The second kappa shape index (κ2) is 7.66. The van der Waals surface area contributed by atoms with Crippen molar-refractivity contribution in [1.82, 2.24) is 20.4 Å². The zero-order valence-electron chi connectivity index (χ0n) is 15.0. The molecule has 3 heterocycles. The molecule has 0 radical (unpaired) electrons. The molecule has 2 aromatic rings. The summed E-state index contributed by atoms with van der Waals surface area (Å²) < 4.78 is 0. The van der Waals surface area contributed by atoms with Gasteiger partial charge in [-0.1, -0.05) is 23.7 Å². The lowest BCUT2D eigenvalue weighted by atomic mass is 9.80. The van der Waals surface area contributed by atoms with Crippen molar-refractivity contribution in [3.05, 3.63) is 41.2 Å². The standard InChI is InChI=1S/C19H23ClN6S/c20-16-8-13(14-9-24-25-10-14)2-3-15(16)17(21)27-18(22)26-7-5-19(12-26)4-1-6-23-11-19/h2-3,8-10,21-23H,1,4-7,11-12H2,(H,24,25). The van der Waals surface area contributed by atoms with E-state index in [1.54, 1.807) is 6.20 Å². The van der Waals surface area contributed by atoms with E-state index in [2.05, 4.69) is 20.4 Å². The van der Waals surface area contributed by atoms with Crippen LogP contribution in [0.4, 0.5) is 0 Å². The Morgan fingerprint density at radius 2 is 2.15 bits per heavy atom. The molecule has 1 aromatic heterocycles. The summed E-state index contributed by atoms with van der Waals surface area (Å²) in [5.74, 6) is 0. The molecule has 0 bridgehead atoms. The molecule has 0 saturated carbocycles. The van der Waals surface area contributed by atoms with Crippen LogP contribution < -0.4 is 5.32 Å². The molecule has 8 heteroatoms. The van der Waals surface area contributed by atoms with E-state index in [-0.39, 0.29) is 0 Å². The maximum absolute atomic E-state index is 8.47. The normalized spacial score (nSPS) is 22.3. The second-order valence-corrected chi connectivity index (χ2v) is 8.78. The molecule has 2 aliphatic rings. The largest absolute Gasteiger partial charge is 0.351 e. The fourth-order valence-corrected chi connectivity index (χ4v) is 5.09. The molecule has 6 nitrogen and oxygen atoms in total. The molecule has 1 aromatic carbocycles. The number of hydrogen-bond donors (Lipinski definition) is 4. The summed E-state index contributed by atoms with van der Waals surface area (Å²) in [5.41, 5.74) is 2.87. The van der Waals surface area contributed by atoms with Gasteiger partial charge in [-0.05, 0) is 49.2 Å². The fourth-order valence-electron chi connectivity index (χ4n) is 3.99. The summed E-state index contributed by atoms with van der Waals surface area (Å²) in [5, 5.41) is 28.4. The van der Waals surface area contributed by atoms with Crippen LogP contribution in [-0.2, 0) is 0 Å². The highest BCUT2D eigenvalue weighted by molar-refractivity contribution is 8.26. The number of aromatic amines is 1. The molecule has 1 atom stereocenters. The number of halogens is 1. The zero-order chi connectivity index (χ0) is 18.9. The summed E-state index contributed by atoms with van der Waals surface area (Å²) in [7, 11) is 0. The third-order valence-corrected chi connectivity index (χ3v) is 6.72. The first-order valence-corrected chi connectivity index (χ1v) is 10.4. The van der Waals surface area contributed by atoms with Crippen LogP contribution in [0, 0.1) is 16.2 Å². The van der Waals surface area contributed by atoms with Crippen LogP contribution in [0.25, 0.3) is 11.1 Å². The number of hydrogen-bond acceptors (Lipinski definition) is 5. The van der Waals surface area contributed by atoms with E-state index in [0.29, 0.717) is 26.2 Å². The molecule has 4 rings (SSSR count). The Labute approximate surface area is 168 Å². The maximum atomic E-state index is 8.47. The van der Waals surface area contributed by atoms with Crippen LogP contribution >= 0.6 is 23.4 Å². The van der Waals surface area contributed by atoms with E-state index in [4.69, 9.17) is 22.4 Å². The molecular formula is C19H23ClN6S. The van der Waals surface area contributed by atoms with Gasteiger partial charge >= 0.3 is 0 Å². The fraction of sp³-hybridized carbons (Fsp3) is 0.421. The Hall–Kier alpha value is -1.83. The van der Waals surface area contributed by atoms with Crippen molar-refractivity contribution in [3.8, 4) is 11.1 Å². The summed E-state index contributed by atoms with van der Waals surface area (Å²) in [6.45, 7) is 3.95. The average Bonchev–Trinajstić information content (AvgIpc) is 3.33. The van der Waals surface area contributed by atoms with Crippen molar-refractivity contribution in [2.24, 2.45) is 5.41 Å². The minimum absolute atomic E-state index is 0.303. The lowest BCUT2D eigenvalue weighted by Crippen LogP contribution is -2.42. The van der Waals surface area contributed by atoms with E-state index in [1.807, 2.05) is 24.4 Å². The molecule has 2 fully saturated rings. The number of piperidine rings is 1. The molecule has 0 amide bonds. The van der Waals surface area contributed by atoms with Crippen LogP contribution in [0.1, 0.15) is 24.8 Å². The van der Waals surface area contributed by atoms with Crippen LogP contribution in [0.5, 0.6) is 0 Å². The van der Waals surface area contributed by atoms with Crippen molar-refractivity contribution in [2.75, 3.05) is 26.2 Å². The van der Waals surface area contributed by atoms with E-state index in [1.165, 1.54) is 24.6 Å². The number of nitrogens with zero attached hydrogens (tertiary/aromatic N) is 2. The first-order chi connectivity index (χ1) is 13.1. The smallest absolute Gasteiger partial charge is 0.162 e. The van der Waals surface area contributed by atoms with Crippen LogP contribution in [-0.4, -0.2) is 51.5 Å². The Balaban J connectivity index is 1.41. The Bertz CT molecular complexity index is 844. The molecule has 1 unspecified atom stereocenters. The molecule has 2 saturated heterocycles. The van der Waals surface area contributed by atoms with Gasteiger partial charge in [-0.3, -0.25) is 15.9 Å². The number of nitrogens with one attached hydrogen (secondary N) is 4. The van der Waals surface area contributed by atoms with Gasteiger partial charge in [-0.25, -0.2) is 0 Å². The highest BCUT2D eigenvalue weighted by atomic mass is 35.5. The first kappa shape index (κ1) is 18.5. The lowest BCUT2D eigenvalue weighted by molar-refractivity contribution is 0.223. The molecule has 142 valence electrons. The monoisotopic (exact) mass is 402 g/mol. The zero-order valence-corrected chi connectivity index (χ0v) is 16.6. The second-order valence-electron chi connectivity index (χ2n) is 7.37. The predicted molar refractivity (Wildman–Crippen MR) is 112 cm³/mol. The first-order valence-electron chi connectivity index (χ1n) is 9.16. The van der Waals surface area contributed by atoms with Gasteiger partial charge in [-0.2, -0.15) is 5.10 Å². The van der Waals surface area contributed by atoms with Gasteiger partial charge in [0.2, 0.25) is 0 Å². The summed E-state index contributed by atoms with van der Waals surface area (Å²) in [4.78, 5) is 2.11. The number of thioether (sulfide) groups is 1. The van der Waals surface area contributed by atoms with E-state index in [0.717, 1.165) is 43.7 Å². The van der Waals surface area contributed by atoms with E-state index in [9.17, 15) is 0 Å². The number of aromatic nitrogens is 2. The topological polar surface area (TPSA) is 91.7 Å². The molecular weight excluding hydrogens is 380 g/mol. The van der Waals surface area contributed by atoms with Gasteiger partial charge in [0.1, 0.15) is 5.04 Å². The Kier molecular flexibility index (Phi) is 5.25. The van der Waals surface area contributed by atoms with Crippen LogP contribution in [0.2, 0.25) is 5.02 Å². The van der Waals surface area contributed by atoms with Gasteiger partial charge in [-0.15, -0.1) is 0 Å². The average molecular weight is 403 g/mol. The third kappa shape index (κ3) is 3.90. The maximum Gasteiger partial charge on any atom is 0.162 e. The van der Waals surface area contributed by atoms with Crippen molar-refractivity contribution in [1.29, 1.82) is 10.8 Å².